The Balaban J connectivity index is 1.99. The van der Waals surface area contributed by atoms with Crippen LogP contribution in [0.3, 0.4) is 0 Å². The zero-order valence-corrected chi connectivity index (χ0v) is 16.2. The molecular weight excluding hydrogens is 338 g/mol. The maximum Gasteiger partial charge on any atom is 0.261 e. The van der Waals surface area contributed by atoms with Gasteiger partial charge in [-0.05, 0) is 38.3 Å². The molecule has 1 fully saturated rings. The number of likely N-dealkylation sites (N-methyl/N-ethyl adjacent to an activating group) is 1. The summed E-state index contributed by atoms with van der Waals surface area (Å²) < 4.78 is 5.93. The van der Waals surface area contributed by atoms with Gasteiger partial charge < -0.3 is 10.5 Å². The van der Waals surface area contributed by atoms with Gasteiger partial charge >= 0.3 is 0 Å². The molecule has 0 amide bonds. The van der Waals surface area contributed by atoms with Gasteiger partial charge in [-0.3, -0.25) is 11.1 Å². The zero-order valence-electron chi connectivity index (χ0n) is 16.2. The van der Waals surface area contributed by atoms with E-state index < -0.39 is 5.85 Å². The van der Waals surface area contributed by atoms with Crippen molar-refractivity contribution in [2.24, 2.45) is 21.5 Å². The molecule has 1 heterocycles. The Morgan fingerprint density at radius 2 is 1.96 bits per heavy atom. The Hall–Kier alpha value is -2.44. The van der Waals surface area contributed by atoms with Gasteiger partial charge in [-0.25, -0.2) is 9.98 Å². The van der Waals surface area contributed by atoms with Crippen molar-refractivity contribution in [2.45, 2.75) is 50.8 Å². The molecule has 27 heavy (non-hydrogen) atoms. The molecule has 0 bridgehead atoms. The van der Waals surface area contributed by atoms with E-state index in [0.29, 0.717) is 23.0 Å². The molecule has 1 atom stereocenters. The number of allylic oxidation sites excluding steroid dienone is 1. The molecule has 1 aliphatic carbocycles. The Labute approximate surface area is 161 Å². The normalized spacial score (nSPS) is 27.1. The summed E-state index contributed by atoms with van der Waals surface area (Å²) in [4.78, 5) is 8.82. The quantitative estimate of drug-likeness (QED) is 0.712. The number of rotatable bonds is 4. The summed E-state index contributed by atoms with van der Waals surface area (Å²) in [7, 11) is 1.72. The summed E-state index contributed by atoms with van der Waals surface area (Å²) in [6, 6.07) is 8.47. The van der Waals surface area contributed by atoms with Crippen molar-refractivity contribution < 1.29 is 4.74 Å². The highest BCUT2D eigenvalue weighted by atomic mass is 16.5. The van der Waals surface area contributed by atoms with Crippen LogP contribution in [0.1, 0.15) is 56.1 Å². The minimum atomic E-state index is -1.30. The van der Waals surface area contributed by atoms with Gasteiger partial charge in [0.15, 0.2) is 0 Å². The average molecular weight is 367 g/mol. The lowest BCUT2D eigenvalue weighted by Gasteiger charge is -2.35. The first kappa shape index (κ1) is 19.3. The van der Waals surface area contributed by atoms with E-state index in [1.165, 1.54) is 43.9 Å². The molecule has 0 saturated heterocycles. The van der Waals surface area contributed by atoms with Gasteiger partial charge in [0.05, 0.1) is 0 Å². The third-order valence-corrected chi connectivity index (χ3v) is 5.25. The molecule has 0 spiro atoms. The Morgan fingerprint density at radius 3 is 2.52 bits per heavy atom. The summed E-state index contributed by atoms with van der Waals surface area (Å²) in [5.74, 6) is -0.394. The van der Waals surface area contributed by atoms with Crippen LogP contribution < -0.4 is 16.8 Å². The van der Waals surface area contributed by atoms with E-state index in [1.54, 1.807) is 14.0 Å². The second-order valence-electron chi connectivity index (χ2n) is 7.15. The SMILES string of the molecule is C=C/N=C1/OC(N)(NC)C(c2ccc(C3CCCCC3)cc2)=N/C1=C(/C)N. The summed E-state index contributed by atoms with van der Waals surface area (Å²) in [6.07, 6.45) is 7.89. The summed E-state index contributed by atoms with van der Waals surface area (Å²) in [5.41, 5.74) is 16.3. The van der Waals surface area contributed by atoms with E-state index in [-0.39, 0.29) is 5.90 Å². The number of aliphatic imine (C=N–C) groups is 2. The first-order valence-corrected chi connectivity index (χ1v) is 9.50. The van der Waals surface area contributed by atoms with E-state index in [9.17, 15) is 0 Å². The molecule has 6 heteroatoms. The van der Waals surface area contributed by atoms with Gasteiger partial charge in [-0.15, -0.1) is 0 Å². The van der Waals surface area contributed by atoms with Crippen LogP contribution in [0.5, 0.6) is 0 Å². The van der Waals surface area contributed by atoms with Crippen molar-refractivity contribution in [2.75, 3.05) is 7.05 Å². The molecule has 1 aromatic rings. The predicted molar refractivity (Wildman–Crippen MR) is 110 cm³/mol. The molecule has 5 N–H and O–H groups in total. The van der Waals surface area contributed by atoms with E-state index in [4.69, 9.17) is 21.2 Å². The minimum absolute atomic E-state index is 0.254. The minimum Gasteiger partial charge on any atom is -0.435 e. The average Bonchev–Trinajstić information content (AvgIpc) is 2.69. The van der Waals surface area contributed by atoms with Crippen LogP contribution in [0, 0.1) is 0 Å². The van der Waals surface area contributed by atoms with E-state index in [1.807, 2.05) is 0 Å². The predicted octanol–water partition coefficient (Wildman–Crippen LogP) is 3.12. The molecule has 1 aliphatic heterocycles. The molecule has 3 rings (SSSR count). The molecular formula is C21H29N5O. The number of nitrogens with zero attached hydrogens (tertiary/aromatic N) is 2. The monoisotopic (exact) mass is 367 g/mol. The zero-order chi connectivity index (χ0) is 19.4. The number of nitrogens with one attached hydrogen (secondary N) is 1. The first-order valence-electron chi connectivity index (χ1n) is 9.50. The Bertz CT molecular complexity index is 783. The van der Waals surface area contributed by atoms with Crippen LogP contribution in [-0.4, -0.2) is 24.5 Å². The number of hydrogen-bond donors (Lipinski definition) is 3. The number of ether oxygens (including phenoxy) is 1. The highest BCUT2D eigenvalue weighted by molar-refractivity contribution is 6.13. The summed E-state index contributed by atoms with van der Waals surface area (Å²) >= 11 is 0. The summed E-state index contributed by atoms with van der Waals surface area (Å²) in [6.45, 7) is 5.37. The van der Waals surface area contributed by atoms with E-state index >= 15 is 0 Å². The van der Waals surface area contributed by atoms with Crippen LogP contribution in [-0.2, 0) is 4.74 Å². The van der Waals surface area contributed by atoms with Crippen molar-refractivity contribution in [3.05, 3.63) is 59.6 Å². The van der Waals surface area contributed by atoms with Gasteiger partial charge in [0.2, 0.25) is 5.90 Å². The lowest BCUT2D eigenvalue weighted by Crippen LogP contribution is -2.63. The largest absolute Gasteiger partial charge is 0.435 e. The topological polar surface area (TPSA) is 98.0 Å². The standard InChI is InChI=1S/C21H29N5O/c1-4-25-20-18(14(2)22)26-19(21(23,24-3)27-20)17-12-10-16(11-13-17)15-8-6-5-7-9-15/h4,10-13,15,24H,1,5-9,22-23H2,2-3H3/b18-14-,25-20+. The van der Waals surface area contributed by atoms with Crippen LogP contribution in [0.25, 0.3) is 0 Å². The van der Waals surface area contributed by atoms with E-state index in [2.05, 4.69) is 41.2 Å². The van der Waals surface area contributed by atoms with Crippen molar-refractivity contribution in [3.63, 3.8) is 0 Å². The van der Waals surface area contributed by atoms with Crippen LogP contribution in [0.15, 0.2) is 58.4 Å². The van der Waals surface area contributed by atoms with Gasteiger partial charge in [-0.2, -0.15) is 0 Å². The van der Waals surface area contributed by atoms with Crippen LogP contribution >= 0.6 is 0 Å². The van der Waals surface area contributed by atoms with Gasteiger partial charge in [0.25, 0.3) is 5.85 Å². The van der Waals surface area contributed by atoms with Crippen LogP contribution in [0.4, 0.5) is 0 Å². The molecule has 1 saturated carbocycles. The molecule has 6 nitrogen and oxygen atoms in total. The molecule has 144 valence electrons. The van der Waals surface area contributed by atoms with Crippen molar-refractivity contribution in [1.82, 2.24) is 5.32 Å². The van der Waals surface area contributed by atoms with Crippen molar-refractivity contribution >= 4 is 11.6 Å². The maximum atomic E-state index is 6.46. The highest BCUT2D eigenvalue weighted by Gasteiger charge is 2.40. The third-order valence-electron chi connectivity index (χ3n) is 5.25. The van der Waals surface area contributed by atoms with Gasteiger partial charge in [-0.1, -0.05) is 50.1 Å². The lowest BCUT2D eigenvalue weighted by atomic mass is 9.83. The van der Waals surface area contributed by atoms with Crippen LogP contribution in [0.2, 0.25) is 0 Å². The van der Waals surface area contributed by atoms with E-state index in [0.717, 1.165) is 5.56 Å². The second kappa shape index (κ2) is 8.06. The fourth-order valence-electron chi connectivity index (χ4n) is 3.72. The lowest BCUT2D eigenvalue weighted by molar-refractivity contribution is 0.102. The number of nitrogens with two attached hydrogens (primary N) is 2. The highest BCUT2D eigenvalue weighted by Crippen LogP contribution is 2.33. The smallest absolute Gasteiger partial charge is 0.261 e. The Morgan fingerprint density at radius 1 is 1.30 bits per heavy atom. The Kier molecular flexibility index (Phi) is 5.77. The van der Waals surface area contributed by atoms with Gasteiger partial charge in [0, 0.05) is 17.5 Å². The summed E-state index contributed by atoms with van der Waals surface area (Å²) in [5, 5.41) is 3.00. The first-order chi connectivity index (χ1) is 13.0. The molecule has 1 unspecified atom stereocenters. The van der Waals surface area contributed by atoms with Crippen molar-refractivity contribution in [1.29, 1.82) is 0 Å². The molecule has 0 aromatic heterocycles. The second-order valence-corrected chi connectivity index (χ2v) is 7.15. The molecule has 0 radical (unpaired) electrons. The van der Waals surface area contributed by atoms with Gasteiger partial charge in [0.1, 0.15) is 11.4 Å². The number of benzene rings is 1. The van der Waals surface area contributed by atoms with Crippen molar-refractivity contribution in [3.8, 4) is 0 Å². The third kappa shape index (κ3) is 3.96. The molecule has 1 aromatic carbocycles. The maximum absolute atomic E-state index is 6.46. The molecule has 2 aliphatic rings. The fourth-order valence-corrected chi connectivity index (χ4v) is 3.72. The fraction of sp³-hybridized carbons (Fsp3) is 0.429. The number of hydrogen-bond acceptors (Lipinski definition) is 6.